The minimum Gasteiger partial charge on any atom is -0.480 e. The van der Waals surface area contributed by atoms with Gasteiger partial charge >= 0.3 is 5.97 Å². The third-order valence-electron chi connectivity index (χ3n) is 2.60. The van der Waals surface area contributed by atoms with Crippen LogP contribution in [0.15, 0.2) is 0 Å². The highest BCUT2D eigenvalue weighted by atomic mass is 16.4. The van der Waals surface area contributed by atoms with Gasteiger partial charge in [-0.15, -0.1) is 0 Å². The third-order valence-corrected chi connectivity index (χ3v) is 2.60. The Morgan fingerprint density at radius 3 is 2.53 bits per heavy atom. The summed E-state index contributed by atoms with van der Waals surface area (Å²) in [5.41, 5.74) is 0. The summed E-state index contributed by atoms with van der Waals surface area (Å²) in [6.07, 6.45) is 2.79. The van der Waals surface area contributed by atoms with Gasteiger partial charge in [-0.1, -0.05) is 0 Å². The van der Waals surface area contributed by atoms with Crippen molar-refractivity contribution in [3.05, 3.63) is 0 Å². The second-order valence-electron chi connectivity index (χ2n) is 3.93. The third kappa shape index (κ3) is 4.29. The van der Waals surface area contributed by atoms with Gasteiger partial charge in [0.1, 0.15) is 6.04 Å². The smallest absolute Gasteiger partial charge is 0.325 e. The monoisotopic (exact) mass is 214 g/mol. The van der Waals surface area contributed by atoms with Crippen molar-refractivity contribution in [1.29, 1.82) is 0 Å². The molecule has 0 radical (unpaired) electrons. The van der Waals surface area contributed by atoms with Crippen molar-refractivity contribution < 1.29 is 14.7 Å². The minimum atomic E-state index is -0.996. The van der Waals surface area contributed by atoms with Gasteiger partial charge in [0.25, 0.3) is 0 Å². The van der Waals surface area contributed by atoms with Crippen molar-refractivity contribution >= 4 is 11.9 Å². The van der Waals surface area contributed by atoms with Crippen LogP contribution >= 0.6 is 0 Å². The average Bonchev–Trinajstić information content (AvgIpc) is 2.66. The van der Waals surface area contributed by atoms with Crippen molar-refractivity contribution in [2.45, 2.75) is 32.2 Å². The Hall–Kier alpha value is -1.10. The molecule has 0 bridgehead atoms. The van der Waals surface area contributed by atoms with Crippen LogP contribution in [0, 0.1) is 0 Å². The highest BCUT2D eigenvalue weighted by Gasteiger charge is 2.16. The molecule has 1 aliphatic rings. The predicted molar refractivity (Wildman–Crippen MR) is 55.5 cm³/mol. The van der Waals surface area contributed by atoms with Crippen LogP contribution in [0.25, 0.3) is 0 Å². The first kappa shape index (κ1) is 12.0. The van der Waals surface area contributed by atoms with E-state index in [0.29, 0.717) is 6.42 Å². The van der Waals surface area contributed by atoms with Crippen LogP contribution in [0.3, 0.4) is 0 Å². The maximum atomic E-state index is 11.3. The maximum Gasteiger partial charge on any atom is 0.325 e. The second kappa shape index (κ2) is 5.70. The van der Waals surface area contributed by atoms with Gasteiger partial charge in [0, 0.05) is 13.0 Å². The quantitative estimate of drug-likeness (QED) is 0.679. The van der Waals surface area contributed by atoms with Crippen LogP contribution < -0.4 is 5.32 Å². The topological polar surface area (TPSA) is 69.6 Å². The molecule has 5 heteroatoms. The fourth-order valence-electron chi connectivity index (χ4n) is 1.64. The van der Waals surface area contributed by atoms with Crippen LogP contribution in [0.1, 0.15) is 26.2 Å². The lowest BCUT2D eigenvalue weighted by Crippen LogP contribution is -2.39. The summed E-state index contributed by atoms with van der Waals surface area (Å²) >= 11 is 0. The summed E-state index contributed by atoms with van der Waals surface area (Å²) < 4.78 is 0. The van der Waals surface area contributed by atoms with E-state index in [1.807, 2.05) is 0 Å². The number of carbonyl (C=O) groups excluding carboxylic acids is 1. The van der Waals surface area contributed by atoms with E-state index >= 15 is 0 Å². The van der Waals surface area contributed by atoms with Crippen LogP contribution in [0.2, 0.25) is 0 Å². The van der Waals surface area contributed by atoms with Crippen molar-refractivity contribution in [3.63, 3.8) is 0 Å². The zero-order chi connectivity index (χ0) is 11.3. The summed E-state index contributed by atoms with van der Waals surface area (Å²) in [4.78, 5) is 24.0. The summed E-state index contributed by atoms with van der Waals surface area (Å²) in [6.45, 7) is 4.32. The summed E-state index contributed by atoms with van der Waals surface area (Å²) in [7, 11) is 0. The number of amides is 1. The highest BCUT2D eigenvalue weighted by molar-refractivity contribution is 5.83. The number of rotatable bonds is 5. The molecule has 1 rings (SSSR count). The van der Waals surface area contributed by atoms with E-state index in [4.69, 9.17) is 5.11 Å². The molecule has 0 aliphatic carbocycles. The Morgan fingerprint density at radius 2 is 2.00 bits per heavy atom. The van der Waals surface area contributed by atoms with Crippen molar-refractivity contribution in [2.24, 2.45) is 0 Å². The number of carboxylic acids is 1. The summed E-state index contributed by atoms with van der Waals surface area (Å²) in [6, 6.07) is -0.795. The first-order valence-electron chi connectivity index (χ1n) is 5.34. The van der Waals surface area contributed by atoms with Crippen LogP contribution in [0.4, 0.5) is 0 Å². The Morgan fingerprint density at radius 1 is 1.40 bits per heavy atom. The summed E-state index contributed by atoms with van der Waals surface area (Å²) in [5, 5.41) is 11.0. The fraction of sp³-hybridized carbons (Fsp3) is 0.800. The van der Waals surface area contributed by atoms with Gasteiger partial charge in [0.15, 0.2) is 0 Å². The Balaban J connectivity index is 2.15. The van der Waals surface area contributed by atoms with Crippen LogP contribution in [-0.4, -0.2) is 47.6 Å². The first-order valence-corrected chi connectivity index (χ1v) is 5.34. The molecule has 1 aliphatic heterocycles. The maximum absolute atomic E-state index is 11.3. The molecule has 15 heavy (non-hydrogen) atoms. The van der Waals surface area contributed by atoms with E-state index in [2.05, 4.69) is 10.2 Å². The number of carbonyl (C=O) groups is 2. The van der Waals surface area contributed by atoms with Crippen LogP contribution in [0.5, 0.6) is 0 Å². The normalized spacial score (nSPS) is 18.7. The Bertz CT molecular complexity index is 237. The Kier molecular flexibility index (Phi) is 4.55. The number of aliphatic carboxylic acids is 1. The molecule has 1 atom stereocenters. The molecule has 1 saturated heterocycles. The van der Waals surface area contributed by atoms with Gasteiger partial charge in [0.2, 0.25) is 5.91 Å². The molecule has 0 aromatic heterocycles. The highest BCUT2D eigenvalue weighted by Crippen LogP contribution is 2.07. The number of nitrogens with zero attached hydrogens (tertiary/aromatic N) is 1. The molecule has 1 heterocycles. The fourth-order valence-corrected chi connectivity index (χ4v) is 1.64. The van der Waals surface area contributed by atoms with Gasteiger partial charge in [-0.25, -0.2) is 0 Å². The SMILES string of the molecule is C[C@@H](NC(=O)CCN1CCCC1)C(=O)O. The van der Waals surface area contributed by atoms with E-state index in [1.165, 1.54) is 19.8 Å². The number of carboxylic acid groups (broad SMARTS) is 1. The van der Waals surface area contributed by atoms with Gasteiger partial charge < -0.3 is 15.3 Å². The first-order chi connectivity index (χ1) is 7.09. The number of hydrogen-bond acceptors (Lipinski definition) is 3. The molecule has 0 aromatic carbocycles. The zero-order valence-electron chi connectivity index (χ0n) is 9.03. The predicted octanol–water partition coefficient (Wildman–Crippen LogP) is 0.0616. The molecular formula is C10H18N2O3. The van der Waals surface area contributed by atoms with Gasteiger partial charge in [0.05, 0.1) is 0 Å². The largest absolute Gasteiger partial charge is 0.480 e. The molecule has 86 valence electrons. The number of nitrogens with one attached hydrogen (secondary N) is 1. The van der Waals surface area contributed by atoms with Gasteiger partial charge in [-0.2, -0.15) is 0 Å². The molecule has 2 N–H and O–H groups in total. The summed E-state index contributed by atoms with van der Waals surface area (Å²) in [5.74, 6) is -1.18. The number of hydrogen-bond donors (Lipinski definition) is 2. The van der Waals surface area contributed by atoms with Crippen LogP contribution in [-0.2, 0) is 9.59 Å². The lowest BCUT2D eigenvalue weighted by Gasteiger charge is -2.14. The molecular weight excluding hydrogens is 196 g/mol. The van der Waals surface area contributed by atoms with Crippen molar-refractivity contribution in [2.75, 3.05) is 19.6 Å². The van der Waals surface area contributed by atoms with Crippen molar-refractivity contribution in [1.82, 2.24) is 10.2 Å². The molecule has 1 fully saturated rings. The molecule has 0 unspecified atom stereocenters. The van der Waals surface area contributed by atoms with Gasteiger partial charge in [-0.3, -0.25) is 9.59 Å². The Labute approximate surface area is 89.4 Å². The van der Waals surface area contributed by atoms with E-state index in [1.54, 1.807) is 0 Å². The van der Waals surface area contributed by atoms with Crippen molar-refractivity contribution in [3.8, 4) is 0 Å². The molecule has 0 aromatic rings. The second-order valence-corrected chi connectivity index (χ2v) is 3.93. The van der Waals surface area contributed by atoms with E-state index < -0.39 is 12.0 Å². The lowest BCUT2D eigenvalue weighted by molar-refractivity contribution is -0.141. The standard InChI is InChI=1S/C10H18N2O3/c1-8(10(14)15)11-9(13)4-7-12-5-2-3-6-12/h8H,2-7H2,1H3,(H,11,13)(H,14,15)/t8-/m1/s1. The molecule has 0 spiro atoms. The van der Waals surface area contributed by atoms with E-state index in [0.717, 1.165) is 19.6 Å². The molecule has 5 nitrogen and oxygen atoms in total. The zero-order valence-corrected chi connectivity index (χ0v) is 9.03. The van der Waals surface area contributed by atoms with E-state index in [-0.39, 0.29) is 5.91 Å². The van der Waals surface area contributed by atoms with E-state index in [9.17, 15) is 9.59 Å². The average molecular weight is 214 g/mol. The molecule has 1 amide bonds. The minimum absolute atomic E-state index is 0.184. The lowest BCUT2D eigenvalue weighted by atomic mass is 10.3. The van der Waals surface area contributed by atoms with Gasteiger partial charge in [-0.05, 0) is 32.9 Å². The number of likely N-dealkylation sites (tertiary alicyclic amines) is 1. The molecule has 0 saturated carbocycles.